The van der Waals surface area contributed by atoms with Crippen molar-refractivity contribution in [2.45, 2.75) is 46.0 Å². The van der Waals surface area contributed by atoms with Gasteiger partial charge in [0.2, 0.25) is 0 Å². The van der Waals surface area contributed by atoms with Crippen molar-refractivity contribution in [3.63, 3.8) is 0 Å². The molecule has 1 aliphatic heterocycles. The number of hydrogen-bond donors (Lipinski definition) is 2. The lowest BCUT2D eigenvalue weighted by atomic mass is 9.97. The number of nitrogen functional groups attached to an aromatic ring is 1. The molecule has 3 aromatic heterocycles. The molecule has 0 bridgehead atoms. The van der Waals surface area contributed by atoms with Crippen LogP contribution in [0.1, 0.15) is 49.4 Å². The first-order valence-corrected chi connectivity index (χ1v) is 11.1. The largest absolute Gasteiger partial charge is 0.462 e. The molecule has 4 heterocycles. The van der Waals surface area contributed by atoms with Crippen LogP contribution in [0.2, 0.25) is 0 Å². The fraction of sp³-hybridized carbons (Fsp3) is 0.545. The summed E-state index contributed by atoms with van der Waals surface area (Å²) in [7, 11) is 0. The average Bonchev–Trinajstić information content (AvgIpc) is 3.17. The van der Waals surface area contributed by atoms with Crippen molar-refractivity contribution in [2.75, 3.05) is 36.9 Å². The highest BCUT2D eigenvalue weighted by molar-refractivity contribution is 5.60. The number of unbranched alkanes of at least 4 members (excludes halogenated alkanes) is 1. The summed E-state index contributed by atoms with van der Waals surface area (Å²) in [6.07, 6.45) is 8.63. The Bertz CT molecular complexity index is 1030. The number of anilines is 2. The average molecular weight is 425 g/mol. The Hall–Kier alpha value is -2.94. The Labute approximate surface area is 182 Å². The van der Waals surface area contributed by atoms with E-state index in [4.69, 9.17) is 21.2 Å². The molecule has 0 unspecified atom stereocenters. The number of ether oxygens (including phenoxy) is 1. The Morgan fingerprint density at radius 1 is 1.19 bits per heavy atom. The number of aromatic nitrogens is 5. The fourth-order valence-corrected chi connectivity index (χ4v) is 4.06. The third kappa shape index (κ3) is 4.71. The molecule has 9 nitrogen and oxygen atoms in total. The maximum Gasteiger partial charge on any atom is 0.336 e. The van der Waals surface area contributed by atoms with Gasteiger partial charge in [0, 0.05) is 25.7 Å². The zero-order valence-corrected chi connectivity index (χ0v) is 18.4. The van der Waals surface area contributed by atoms with Crippen LogP contribution in [0.5, 0.6) is 6.01 Å². The van der Waals surface area contributed by atoms with Gasteiger partial charge in [-0.2, -0.15) is 4.98 Å². The molecule has 0 atom stereocenters. The topological polar surface area (TPSA) is 120 Å². The van der Waals surface area contributed by atoms with E-state index >= 15 is 0 Å². The summed E-state index contributed by atoms with van der Waals surface area (Å²) in [5.41, 5.74) is 15.6. The minimum absolute atomic E-state index is 0.281. The van der Waals surface area contributed by atoms with Crippen LogP contribution in [0, 0.1) is 12.8 Å². The molecule has 3 aromatic rings. The molecule has 0 amide bonds. The quantitative estimate of drug-likeness (QED) is 0.529. The third-order valence-corrected chi connectivity index (χ3v) is 5.91. The fourth-order valence-electron chi connectivity index (χ4n) is 4.06. The predicted molar refractivity (Wildman–Crippen MR) is 121 cm³/mol. The SMILES string of the molecule is CCCCOc1nc(N)c2ncc(Cc3cnc(N4CCC(CN)CC4)c(C)c3)n2n1. The number of rotatable bonds is 8. The van der Waals surface area contributed by atoms with Gasteiger partial charge in [0.25, 0.3) is 0 Å². The molecule has 0 aliphatic carbocycles. The van der Waals surface area contributed by atoms with E-state index in [1.54, 1.807) is 10.7 Å². The Kier molecular flexibility index (Phi) is 6.50. The first-order valence-electron chi connectivity index (χ1n) is 11.1. The van der Waals surface area contributed by atoms with Crippen molar-refractivity contribution in [1.82, 2.24) is 24.6 Å². The van der Waals surface area contributed by atoms with Gasteiger partial charge in [-0.25, -0.2) is 14.5 Å². The van der Waals surface area contributed by atoms with Crippen LogP contribution in [0.3, 0.4) is 0 Å². The molecular formula is C22H32N8O. The number of pyridine rings is 1. The van der Waals surface area contributed by atoms with E-state index in [9.17, 15) is 0 Å². The van der Waals surface area contributed by atoms with Crippen LogP contribution in [0.4, 0.5) is 11.6 Å². The monoisotopic (exact) mass is 424 g/mol. The number of aryl methyl sites for hydroxylation is 1. The van der Waals surface area contributed by atoms with Crippen molar-refractivity contribution < 1.29 is 4.74 Å². The molecule has 1 saturated heterocycles. The molecule has 0 aromatic carbocycles. The van der Waals surface area contributed by atoms with Crippen LogP contribution in [0.15, 0.2) is 18.5 Å². The summed E-state index contributed by atoms with van der Waals surface area (Å²) in [6.45, 7) is 7.60. The highest BCUT2D eigenvalue weighted by Gasteiger charge is 2.20. The van der Waals surface area contributed by atoms with Gasteiger partial charge in [0.1, 0.15) is 5.82 Å². The van der Waals surface area contributed by atoms with E-state index < -0.39 is 0 Å². The van der Waals surface area contributed by atoms with Gasteiger partial charge < -0.3 is 21.1 Å². The highest BCUT2D eigenvalue weighted by Crippen LogP contribution is 2.25. The minimum Gasteiger partial charge on any atom is -0.462 e. The number of piperidine rings is 1. The number of nitrogens with zero attached hydrogens (tertiary/aromatic N) is 6. The van der Waals surface area contributed by atoms with Crippen LogP contribution in [-0.4, -0.2) is 50.8 Å². The first kappa shape index (κ1) is 21.3. The molecule has 31 heavy (non-hydrogen) atoms. The number of fused-ring (bicyclic) bond motifs is 1. The molecule has 1 aliphatic rings. The van der Waals surface area contributed by atoms with Crippen molar-refractivity contribution >= 4 is 17.3 Å². The van der Waals surface area contributed by atoms with Gasteiger partial charge >= 0.3 is 6.01 Å². The van der Waals surface area contributed by atoms with Crippen molar-refractivity contribution in [2.24, 2.45) is 11.7 Å². The summed E-state index contributed by atoms with van der Waals surface area (Å²) >= 11 is 0. The maximum atomic E-state index is 6.07. The van der Waals surface area contributed by atoms with Gasteiger partial charge in [-0.1, -0.05) is 19.4 Å². The van der Waals surface area contributed by atoms with Crippen molar-refractivity contribution in [1.29, 1.82) is 0 Å². The molecular weight excluding hydrogens is 392 g/mol. The molecule has 0 spiro atoms. The molecule has 166 valence electrons. The van der Waals surface area contributed by atoms with Crippen LogP contribution >= 0.6 is 0 Å². The lowest BCUT2D eigenvalue weighted by Crippen LogP contribution is -2.36. The van der Waals surface area contributed by atoms with Crippen molar-refractivity contribution in [3.05, 3.63) is 35.3 Å². The third-order valence-electron chi connectivity index (χ3n) is 5.91. The second-order valence-electron chi connectivity index (χ2n) is 8.29. The summed E-state index contributed by atoms with van der Waals surface area (Å²) in [5, 5.41) is 4.49. The zero-order valence-electron chi connectivity index (χ0n) is 18.4. The second-order valence-corrected chi connectivity index (χ2v) is 8.29. The van der Waals surface area contributed by atoms with E-state index in [1.165, 1.54) is 5.56 Å². The van der Waals surface area contributed by atoms with Crippen LogP contribution in [-0.2, 0) is 6.42 Å². The molecule has 1 fully saturated rings. The Morgan fingerprint density at radius 3 is 2.71 bits per heavy atom. The van der Waals surface area contributed by atoms with Crippen LogP contribution < -0.4 is 21.1 Å². The van der Waals surface area contributed by atoms with Gasteiger partial charge in [-0.3, -0.25) is 0 Å². The Morgan fingerprint density at radius 2 is 2.00 bits per heavy atom. The Balaban J connectivity index is 1.51. The smallest absolute Gasteiger partial charge is 0.336 e. The summed E-state index contributed by atoms with van der Waals surface area (Å²) in [6, 6.07) is 2.48. The summed E-state index contributed by atoms with van der Waals surface area (Å²) < 4.78 is 7.38. The van der Waals surface area contributed by atoms with Crippen molar-refractivity contribution in [3.8, 4) is 6.01 Å². The molecule has 4 N–H and O–H groups in total. The standard InChI is InChI=1S/C22H32N8O/c1-3-4-9-31-22-27-19(24)21-26-14-18(30(21)28-22)11-17-10-15(2)20(25-13-17)29-7-5-16(12-23)6-8-29/h10,13-14,16H,3-9,11-12,23H2,1-2H3,(H2,24,27,28). The predicted octanol–water partition coefficient (Wildman–Crippen LogP) is 2.35. The maximum absolute atomic E-state index is 6.07. The van der Waals surface area contributed by atoms with Gasteiger partial charge in [-0.05, 0) is 49.8 Å². The normalized spacial score (nSPS) is 15.0. The van der Waals surface area contributed by atoms with E-state index in [0.717, 1.165) is 62.4 Å². The molecule has 9 heteroatoms. The van der Waals surface area contributed by atoms with E-state index in [-0.39, 0.29) is 6.01 Å². The molecule has 0 saturated carbocycles. The summed E-state index contributed by atoms with van der Waals surface area (Å²) in [5.74, 6) is 2.02. The second kappa shape index (κ2) is 9.47. The van der Waals surface area contributed by atoms with E-state index in [1.807, 2.05) is 6.20 Å². The van der Waals surface area contributed by atoms with Gasteiger partial charge in [-0.15, -0.1) is 5.10 Å². The number of hydrogen-bond acceptors (Lipinski definition) is 8. The highest BCUT2D eigenvalue weighted by atomic mass is 16.5. The van der Waals surface area contributed by atoms with Crippen LogP contribution in [0.25, 0.3) is 5.65 Å². The van der Waals surface area contributed by atoms with E-state index in [2.05, 4.69) is 39.9 Å². The lowest BCUT2D eigenvalue weighted by molar-refractivity contribution is 0.280. The molecule has 0 radical (unpaired) electrons. The number of imidazole rings is 1. The van der Waals surface area contributed by atoms with E-state index in [0.29, 0.717) is 30.4 Å². The van der Waals surface area contributed by atoms with Gasteiger partial charge in [0.15, 0.2) is 11.5 Å². The molecule has 4 rings (SSSR count). The first-order chi connectivity index (χ1) is 15.1. The minimum atomic E-state index is 0.281. The number of nitrogens with two attached hydrogens (primary N) is 2. The summed E-state index contributed by atoms with van der Waals surface area (Å²) in [4.78, 5) is 15.8. The zero-order chi connectivity index (χ0) is 21.8. The lowest BCUT2D eigenvalue weighted by Gasteiger charge is -2.33. The van der Waals surface area contributed by atoms with Gasteiger partial charge in [0.05, 0.1) is 18.5 Å².